The van der Waals surface area contributed by atoms with Crippen LogP contribution in [0.15, 0.2) is 59.0 Å². The maximum Gasteiger partial charge on any atom is 0.288 e. The fourth-order valence-corrected chi connectivity index (χ4v) is 2.93. The van der Waals surface area contributed by atoms with Gasteiger partial charge in [-0.1, -0.05) is 23.7 Å². The van der Waals surface area contributed by atoms with Gasteiger partial charge in [-0.25, -0.2) is 0 Å². The molecule has 0 bridgehead atoms. The van der Waals surface area contributed by atoms with Crippen molar-refractivity contribution >= 4 is 40.6 Å². The van der Waals surface area contributed by atoms with Crippen molar-refractivity contribution in [2.75, 3.05) is 5.32 Å². The van der Waals surface area contributed by atoms with Crippen molar-refractivity contribution in [1.82, 2.24) is 0 Å². The van der Waals surface area contributed by atoms with Crippen LogP contribution >= 0.6 is 11.6 Å². The number of nitrogens with zero attached hydrogens (tertiary/aromatic N) is 2. The van der Waals surface area contributed by atoms with E-state index in [1.165, 1.54) is 30.4 Å². The SMILES string of the molecule is Cc1cc([N+](=O)[O-])c(Cl)cc1NC(=O)/C=C/c1ccc(-c2ccccc2[N+](=O)[O-])o1. The van der Waals surface area contributed by atoms with Crippen LogP contribution in [0.4, 0.5) is 17.1 Å². The number of nitro benzene ring substituents is 2. The largest absolute Gasteiger partial charge is 0.456 e. The molecule has 1 N–H and O–H groups in total. The molecule has 3 aromatic rings. The molecule has 9 nitrogen and oxygen atoms in total. The van der Waals surface area contributed by atoms with Crippen LogP contribution in [0.25, 0.3) is 17.4 Å². The van der Waals surface area contributed by atoms with Crippen LogP contribution in [0.5, 0.6) is 0 Å². The van der Waals surface area contributed by atoms with Crippen molar-refractivity contribution in [2.24, 2.45) is 0 Å². The van der Waals surface area contributed by atoms with Gasteiger partial charge in [-0.05, 0) is 42.8 Å². The molecule has 0 saturated heterocycles. The second-order valence-electron chi connectivity index (χ2n) is 6.17. The number of nitro groups is 2. The van der Waals surface area contributed by atoms with E-state index >= 15 is 0 Å². The first-order valence-corrected chi connectivity index (χ1v) is 8.91. The Hall–Kier alpha value is -3.98. The monoisotopic (exact) mass is 427 g/mol. The molecule has 3 rings (SSSR count). The lowest BCUT2D eigenvalue weighted by Crippen LogP contribution is -2.09. The summed E-state index contributed by atoms with van der Waals surface area (Å²) >= 11 is 5.87. The highest BCUT2D eigenvalue weighted by Gasteiger charge is 2.17. The topological polar surface area (TPSA) is 129 Å². The average molecular weight is 428 g/mol. The molecular formula is C20H14ClN3O6. The van der Waals surface area contributed by atoms with E-state index in [1.54, 1.807) is 37.3 Å². The summed E-state index contributed by atoms with van der Waals surface area (Å²) in [5.41, 5.74) is 0.791. The van der Waals surface area contributed by atoms with Crippen molar-refractivity contribution in [3.8, 4) is 11.3 Å². The van der Waals surface area contributed by atoms with Crippen molar-refractivity contribution in [2.45, 2.75) is 6.92 Å². The summed E-state index contributed by atoms with van der Waals surface area (Å²) in [5.74, 6) is 0.101. The number of furan rings is 1. The number of rotatable bonds is 6. The molecule has 0 radical (unpaired) electrons. The third kappa shape index (κ3) is 4.53. The van der Waals surface area contributed by atoms with E-state index in [1.807, 2.05) is 0 Å². The third-order valence-corrected chi connectivity index (χ3v) is 4.44. The fourth-order valence-electron chi connectivity index (χ4n) is 2.70. The number of halogens is 1. The first kappa shape index (κ1) is 20.7. The Balaban J connectivity index is 1.75. The number of nitrogens with one attached hydrogen (secondary N) is 1. The Bertz CT molecular complexity index is 1190. The summed E-state index contributed by atoms with van der Waals surface area (Å²) in [6.45, 7) is 1.61. The lowest BCUT2D eigenvalue weighted by Gasteiger charge is -2.07. The number of anilines is 1. The Morgan fingerprint density at radius 1 is 1.07 bits per heavy atom. The molecule has 1 heterocycles. The van der Waals surface area contributed by atoms with Gasteiger partial charge in [0.15, 0.2) is 0 Å². The van der Waals surface area contributed by atoms with Crippen molar-refractivity contribution in [3.63, 3.8) is 0 Å². The lowest BCUT2D eigenvalue weighted by molar-refractivity contribution is -0.384. The predicted octanol–water partition coefficient (Wildman–Crippen LogP) is 5.38. The van der Waals surface area contributed by atoms with Crippen molar-refractivity contribution in [1.29, 1.82) is 0 Å². The van der Waals surface area contributed by atoms with Crippen LogP contribution in [0.2, 0.25) is 5.02 Å². The summed E-state index contributed by atoms with van der Waals surface area (Å²) in [6.07, 6.45) is 2.60. The minimum Gasteiger partial charge on any atom is -0.456 e. The smallest absolute Gasteiger partial charge is 0.288 e. The minimum atomic E-state index is -0.605. The van der Waals surface area contributed by atoms with Crippen LogP contribution in [0.3, 0.4) is 0 Å². The van der Waals surface area contributed by atoms with E-state index in [2.05, 4.69) is 5.32 Å². The maximum absolute atomic E-state index is 12.2. The summed E-state index contributed by atoms with van der Waals surface area (Å²) in [7, 11) is 0. The lowest BCUT2D eigenvalue weighted by atomic mass is 10.1. The van der Waals surface area contributed by atoms with Gasteiger partial charge >= 0.3 is 0 Å². The summed E-state index contributed by atoms with van der Waals surface area (Å²) in [4.78, 5) is 33.1. The van der Waals surface area contributed by atoms with Crippen LogP contribution < -0.4 is 5.32 Å². The highest BCUT2D eigenvalue weighted by atomic mass is 35.5. The van der Waals surface area contributed by atoms with Gasteiger partial charge in [-0.3, -0.25) is 25.0 Å². The van der Waals surface area contributed by atoms with Gasteiger partial charge in [-0.2, -0.15) is 0 Å². The third-order valence-electron chi connectivity index (χ3n) is 4.14. The molecule has 0 unspecified atom stereocenters. The summed E-state index contributed by atoms with van der Waals surface area (Å²) in [5, 5.41) is 24.5. The van der Waals surface area contributed by atoms with Crippen molar-refractivity contribution in [3.05, 3.63) is 91.2 Å². The number of amides is 1. The molecule has 152 valence electrons. The number of hydrogen-bond acceptors (Lipinski definition) is 6. The molecule has 0 aliphatic rings. The molecule has 0 aliphatic carbocycles. The molecule has 0 atom stereocenters. The van der Waals surface area contributed by atoms with Crippen LogP contribution in [0, 0.1) is 27.2 Å². The predicted molar refractivity (Wildman–Crippen MR) is 111 cm³/mol. The van der Waals surface area contributed by atoms with Gasteiger partial charge in [0.1, 0.15) is 16.5 Å². The quantitative estimate of drug-likeness (QED) is 0.319. The first-order chi connectivity index (χ1) is 14.3. The molecule has 0 saturated carbocycles. The van der Waals surface area contributed by atoms with Gasteiger partial charge in [0.2, 0.25) is 5.91 Å². The molecular weight excluding hydrogens is 414 g/mol. The zero-order valence-corrected chi connectivity index (χ0v) is 16.3. The Kier molecular flexibility index (Phi) is 5.93. The van der Waals surface area contributed by atoms with Crippen LogP contribution in [0.1, 0.15) is 11.3 Å². The average Bonchev–Trinajstić information content (AvgIpc) is 3.17. The Morgan fingerprint density at radius 2 is 1.77 bits per heavy atom. The number of aryl methyl sites for hydroxylation is 1. The fraction of sp³-hybridized carbons (Fsp3) is 0.0500. The van der Waals surface area contributed by atoms with E-state index in [4.69, 9.17) is 16.0 Å². The zero-order valence-electron chi connectivity index (χ0n) is 15.5. The first-order valence-electron chi connectivity index (χ1n) is 8.53. The number of benzene rings is 2. The second kappa shape index (κ2) is 8.58. The second-order valence-corrected chi connectivity index (χ2v) is 6.58. The number of carbonyl (C=O) groups excluding carboxylic acids is 1. The summed E-state index contributed by atoms with van der Waals surface area (Å²) < 4.78 is 5.58. The Morgan fingerprint density at radius 3 is 2.47 bits per heavy atom. The molecule has 30 heavy (non-hydrogen) atoms. The van der Waals surface area contributed by atoms with Gasteiger partial charge < -0.3 is 9.73 Å². The number of para-hydroxylation sites is 1. The summed E-state index contributed by atoms with van der Waals surface area (Å²) in [6, 6.07) is 11.9. The van der Waals surface area contributed by atoms with E-state index in [0.29, 0.717) is 28.3 Å². The number of carbonyl (C=O) groups is 1. The molecule has 1 aromatic heterocycles. The number of hydrogen-bond donors (Lipinski definition) is 1. The van der Waals surface area contributed by atoms with Gasteiger partial charge in [0.25, 0.3) is 11.4 Å². The molecule has 1 amide bonds. The molecule has 0 fully saturated rings. The van der Waals surface area contributed by atoms with Crippen LogP contribution in [-0.2, 0) is 4.79 Å². The van der Waals surface area contributed by atoms with Crippen LogP contribution in [-0.4, -0.2) is 15.8 Å². The van der Waals surface area contributed by atoms with E-state index < -0.39 is 15.8 Å². The zero-order chi connectivity index (χ0) is 21.8. The molecule has 10 heteroatoms. The highest BCUT2D eigenvalue weighted by molar-refractivity contribution is 6.33. The maximum atomic E-state index is 12.2. The van der Waals surface area contributed by atoms with E-state index in [9.17, 15) is 25.0 Å². The minimum absolute atomic E-state index is 0.0920. The standard InChI is InChI=1S/C20H14ClN3O6/c1-12-10-18(24(28)29)15(21)11-16(12)22-20(25)9-7-13-6-8-19(30-13)14-4-2-3-5-17(14)23(26)27/h2-11H,1H3,(H,22,25)/b9-7+. The normalized spacial score (nSPS) is 10.9. The van der Waals surface area contributed by atoms with Gasteiger partial charge in [-0.15, -0.1) is 0 Å². The van der Waals surface area contributed by atoms with Crippen molar-refractivity contribution < 1.29 is 19.1 Å². The molecule has 2 aromatic carbocycles. The van der Waals surface area contributed by atoms with Gasteiger partial charge in [0.05, 0.1) is 15.4 Å². The van der Waals surface area contributed by atoms with E-state index in [0.717, 1.165) is 0 Å². The Labute approximate surface area is 174 Å². The molecule has 0 spiro atoms. The highest BCUT2D eigenvalue weighted by Crippen LogP contribution is 2.32. The van der Waals surface area contributed by atoms with E-state index in [-0.39, 0.29) is 16.4 Å². The molecule has 0 aliphatic heterocycles. The van der Waals surface area contributed by atoms with Gasteiger partial charge in [0, 0.05) is 23.9 Å².